The summed E-state index contributed by atoms with van der Waals surface area (Å²) in [6, 6.07) is 12.1. The summed E-state index contributed by atoms with van der Waals surface area (Å²) >= 11 is 6.03. The van der Waals surface area contributed by atoms with Crippen molar-refractivity contribution in [2.45, 2.75) is 0 Å². The van der Waals surface area contributed by atoms with Gasteiger partial charge in [0.25, 0.3) is 0 Å². The molecule has 0 saturated carbocycles. The molecule has 18 heavy (non-hydrogen) atoms. The largest absolute Gasteiger partial charge is 0.451 e. The average molecular weight is 255 g/mol. The second-order valence-electron chi connectivity index (χ2n) is 4.10. The fraction of sp³-hybridized carbons (Fsp3) is 0. The molecule has 0 spiro atoms. The first kappa shape index (κ1) is 9.85. The molecule has 0 amide bonds. The Balaban J connectivity index is 2.37. The van der Waals surface area contributed by atoms with Gasteiger partial charge in [-0.05, 0) is 16.8 Å². The minimum absolute atomic E-state index is 0.347. The molecule has 0 unspecified atom stereocenters. The Labute approximate surface area is 107 Å². The van der Waals surface area contributed by atoms with Crippen LogP contribution in [0, 0.1) is 0 Å². The lowest BCUT2D eigenvalue weighted by Gasteiger charge is -1.97. The highest BCUT2D eigenvalue weighted by Crippen LogP contribution is 2.35. The van der Waals surface area contributed by atoms with Gasteiger partial charge in [0, 0.05) is 0 Å². The van der Waals surface area contributed by atoms with Gasteiger partial charge in [-0.2, -0.15) is 0 Å². The Morgan fingerprint density at radius 2 is 1.89 bits per heavy atom. The fourth-order valence-electron chi connectivity index (χ4n) is 2.31. The predicted octanol–water partition coefficient (Wildman–Crippen LogP) is 4.18. The maximum atomic E-state index is 6.03. The van der Waals surface area contributed by atoms with E-state index >= 15 is 0 Å². The molecule has 0 radical (unpaired) electrons. The van der Waals surface area contributed by atoms with E-state index in [9.17, 15) is 0 Å². The smallest absolute Gasteiger partial charge is 0.191 e. The molecule has 0 bridgehead atoms. The van der Waals surface area contributed by atoms with E-state index < -0.39 is 0 Å². The van der Waals surface area contributed by atoms with Gasteiger partial charge in [0.15, 0.2) is 10.7 Å². The van der Waals surface area contributed by atoms with Gasteiger partial charge in [0.2, 0.25) is 0 Å². The molecule has 0 N–H and O–H groups in total. The second-order valence-corrected chi connectivity index (χ2v) is 4.46. The van der Waals surface area contributed by atoms with Crippen LogP contribution in [0.4, 0.5) is 0 Å². The normalized spacial score (nSPS) is 11.6. The lowest BCUT2D eigenvalue weighted by Crippen LogP contribution is -1.80. The molecule has 0 fully saturated rings. The van der Waals surface area contributed by atoms with Gasteiger partial charge in [-0.3, -0.25) is 0 Å². The fourth-order valence-corrected chi connectivity index (χ4v) is 2.48. The molecule has 86 valence electrons. The summed E-state index contributed by atoms with van der Waals surface area (Å²) < 4.78 is 5.73. The highest BCUT2D eigenvalue weighted by molar-refractivity contribution is 6.34. The average Bonchev–Trinajstić information content (AvgIpc) is 2.79. The Bertz CT molecular complexity index is 898. The molecular formula is C14H7ClN2O. The van der Waals surface area contributed by atoms with Crippen LogP contribution in [0.2, 0.25) is 5.15 Å². The van der Waals surface area contributed by atoms with Gasteiger partial charge in [-0.1, -0.05) is 41.9 Å². The molecule has 0 saturated heterocycles. The minimum atomic E-state index is 0.347. The monoisotopic (exact) mass is 254 g/mol. The number of aromatic nitrogens is 2. The van der Waals surface area contributed by atoms with E-state index in [4.69, 9.17) is 16.0 Å². The Hall–Kier alpha value is -2.13. The lowest BCUT2D eigenvalue weighted by atomic mass is 10.1. The van der Waals surface area contributed by atoms with Gasteiger partial charge in [0.1, 0.15) is 17.4 Å². The van der Waals surface area contributed by atoms with Crippen molar-refractivity contribution in [3.63, 3.8) is 0 Å². The Kier molecular flexibility index (Phi) is 1.88. The molecule has 2 heterocycles. The zero-order chi connectivity index (χ0) is 12.1. The molecule has 0 aliphatic carbocycles. The minimum Gasteiger partial charge on any atom is -0.451 e. The van der Waals surface area contributed by atoms with Gasteiger partial charge in [-0.15, -0.1) is 0 Å². The van der Waals surface area contributed by atoms with Crippen molar-refractivity contribution < 1.29 is 4.42 Å². The highest BCUT2D eigenvalue weighted by Gasteiger charge is 2.13. The van der Waals surface area contributed by atoms with E-state index in [1.165, 1.54) is 6.33 Å². The quantitative estimate of drug-likeness (QED) is 0.442. The molecule has 2 aromatic carbocycles. The third-order valence-corrected chi connectivity index (χ3v) is 3.37. The summed E-state index contributed by atoms with van der Waals surface area (Å²) in [4.78, 5) is 8.23. The van der Waals surface area contributed by atoms with Gasteiger partial charge in [-0.25, -0.2) is 9.97 Å². The number of fused-ring (bicyclic) bond motifs is 5. The summed E-state index contributed by atoms with van der Waals surface area (Å²) in [6.07, 6.45) is 1.46. The van der Waals surface area contributed by atoms with Crippen molar-refractivity contribution >= 4 is 44.4 Å². The van der Waals surface area contributed by atoms with Crippen molar-refractivity contribution in [3.8, 4) is 0 Å². The standard InChI is InChI=1S/C14H7ClN2O/c15-14-13-12(16-7-17-14)11-9-4-2-1-3-8(9)5-6-10(11)18-13/h1-7H. The van der Waals surface area contributed by atoms with Crippen LogP contribution in [0.1, 0.15) is 0 Å². The van der Waals surface area contributed by atoms with Crippen molar-refractivity contribution in [1.82, 2.24) is 9.97 Å². The van der Waals surface area contributed by atoms with E-state index in [1.54, 1.807) is 0 Å². The van der Waals surface area contributed by atoms with E-state index in [0.717, 1.165) is 27.3 Å². The van der Waals surface area contributed by atoms with Gasteiger partial charge < -0.3 is 4.42 Å². The van der Waals surface area contributed by atoms with Crippen LogP contribution >= 0.6 is 11.6 Å². The number of benzene rings is 2. The van der Waals surface area contributed by atoms with E-state index in [2.05, 4.69) is 22.1 Å². The first-order valence-electron chi connectivity index (χ1n) is 5.55. The molecule has 4 heteroatoms. The molecule has 2 aromatic heterocycles. The molecule has 0 aliphatic heterocycles. The summed E-state index contributed by atoms with van der Waals surface area (Å²) in [5.74, 6) is 0. The number of halogens is 1. The third-order valence-electron chi connectivity index (χ3n) is 3.10. The Morgan fingerprint density at radius 1 is 1.00 bits per heavy atom. The van der Waals surface area contributed by atoms with Crippen molar-refractivity contribution in [2.75, 3.05) is 0 Å². The van der Waals surface area contributed by atoms with Crippen LogP contribution in [-0.4, -0.2) is 9.97 Å². The van der Waals surface area contributed by atoms with Gasteiger partial charge in [0.05, 0.1) is 5.39 Å². The predicted molar refractivity (Wildman–Crippen MR) is 71.8 cm³/mol. The molecule has 4 rings (SSSR count). The maximum Gasteiger partial charge on any atom is 0.191 e. The van der Waals surface area contributed by atoms with E-state index in [-0.39, 0.29) is 0 Å². The Morgan fingerprint density at radius 3 is 2.83 bits per heavy atom. The van der Waals surface area contributed by atoms with Crippen molar-refractivity contribution in [2.24, 2.45) is 0 Å². The van der Waals surface area contributed by atoms with Crippen LogP contribution < -0.4 is 0 Å². The van der Waals surface area contributed by atoms with Crippen LogP contribution in [0.5, 0.6) is 0 Å². The van der Waals surface area contributed by atoms with Crippen LogP contribution in [0.25, 0.3) is 32.8 Å². The van der Waals surface area contributed by atoms with Crippen LogP contribution in [-0.2, 0) is 0 Å². The first-order chi connectivity index (χ1) is 8.84. The highest BCUT2D eigenvalue weighted by atomic mass is 35.5. The van der Waals surface area contributed by atoms with E-state index in [1.807, 2.05) is 24.3 Å². The number of rotatable bonds is 0. The zero-order valence-electron chi connectivity index (χ0n) is 9.22. The van der Waals surface area contributed by atoms with Crippen molar-refractivity contribution in [3.05, 3.63) is 47.9 Å². The summed E-state index contributed by atoms with van der Waals surface area (Å²) in [7, 11) is 0. The molecular weight excluding hydrogens is 248 g/mol. The summed E-state index contributed by atoms with van der Waals surface area (Å²) in [5, 5.41) is 3.61. The van der Waals surface area contributed by atoms with Crippen LogP contribution in [0.3, 0.4) is 0 Å². The summed E-state index contributed by atoms with van der Waals surface area (Å²) in [5.41, 5.74) is 2.10. The molecule has 4 aromatic rings. The number of furan rings is 1. The number of hydrogen-bond acceptors (Lipinski definition) is 3. The first-order valence-corrected chi connectivity index (χ1v) is 5.93. The third kappa shape index (κ3) is 1.19. The molecule has 0 aliphatic rings. The molecule has 0 atom stereocenters. The van der Waals surface area contributed by atoms with Crippen LogP contribution in [0.15, 0.2) is 47.1 Å². The number of hydrogen-bond donors (Lipinski definition) is 0. The summed E-state index contributed by atoms with van der Waals surface area (Å²) in [6.45, 7) is 0. The van der Waals surface area contributed by atoms with E-state index in [0.29, 0.717) is 10.7 Å². The second kappa shape index (κ2) is 3.43. The maximum absolute atomic E-state index is 6.03. The molecule has 3 nitrogen and oxygen atoms in total. The number of nitrogens with zero attached hydrogens (tertiary/aromatic N) is 2. The SMILES string of the molecule is Clc1ncnc2c1oc1ccc3ccccc3c12. The topological polar surface area (TPSA) is 38.9 Å². The zero-order valence-corrected chi connectivity index (χ0v) is 9.98. The van der Waals surface area contributed by atoms with Gasteiger partial charge >= 0.3 is 0 Å². The lowest BCUT2D eigenvalue weighted by molar-refractivity contribution is 0.666. The van der Waals surface area contributed by atoms with Crippen molar-refractivity contribution in [1.29, 1.82) is 0 Å².